The minimum absolute atomic E-state index is 0.940. The maximum Gasteiger partial charge on any atom is 0.0720 e. The summed E-state index contributed by atoms with van der Waals surface area (Å²) in [6.45, 7) is 1.89. The molecule has 0 fully saturated rings. The van der Waals surface area contributed by atoms with Crippen molar-refractivity contribution in [3.05, 3.63) is 47.9 Å². The molecule has 0 bridgehead atoms. The van der Waals surface area contributed by atoms with E-state index in [0.717, 1.165) is 24.3 Å². The Labute approximate surface area is 88.2 Å². The van der Waals surface area contributed by atoms with Gasteiger partial charge in [-0.05, 0) is 29.3 Å². The molecule has 3 nitrogen and oxygen atoms in total. The molecule has 1 N–H and O–H groups in total. The van der Waals surface area contributed by atoms with Gasteiger partial charge in [-0.2, -0.15) is 0 Å². The van der Waals surface area contributed by atoms with Crippen LogP contribution in [0.1, 0.15) is 11.1 Å². The first-order valence-corrected chi connectivity index (χ1v) is 5.02. The molecule has 0 aromatic carbocycles. The van der Waals surface area contributed by atoms with Crippen LogP contribution in [0.25, 0.3) is 11.3 Å². The SMILES string of the molecule is c1cncc(-c2cc3c(cn2)CNC3)c1. The Kier molecular flexibility index (Phi) is 1.96. The summed E-state index contributed by atoms with van der Waals surface area (Å²) in [5, 5.41) is 3.31. The van der Waals surface area contributed by atoms with Gasteiger partial charge in [0.25, 0.3) is 0 Å². The number of rotatable bonds is 1. The van der Waals surface area contributed by atoms with Crippen molar-refractivity contribution in [2.24, 2.45) is 0 Å². The maximum atomic E-state index is 4.44. The van der Waals surface area contributed by atoms with Gasteiger partial charge in [0.2, 0.25) is 0 Å². The molecule has 0 aliphatic carbocycles. The van der Waals surface area contributed by atoms with Crippen molar-refractivity contribution in [3.63, 3.8) is 0 Å². The van der Waals surface area contributed by atoms with E-state index in [0.29, 0.717) is 0 Å². The summed E-state index contributed by atoms with van der Waals surface area (Å²) in [6.07, 6.45) is 5.58. The predicted octanol–water partition coefficient (Wildman–Crippen LogP) is 1.75. The van der Waals surface area contributed by atoms with Gasteiger partial charge in [-0.3, -0.25) is 9.97 Å². The zero-order chi connectivity index (χ0) is 10.1. The second-order valence-electron chi connectivity index (χ2n) is 3.68. The lowest BCUT2D eigenvalue weighted by atomic mass is 10.1. The Hall–Kier alpha value is -1.74. The van der Waals surface area contributed by atoms with Crippen LogP contribution in [0.4, 0.5) is 0 Å². The topological polar surface area (TPSA) is 37.8 Å². The van der Waals surface area contributed by atoms with Crippen molar-refractivity contribution < 1.29 is 0 Å². The van der Waals surface area contributed by atoms with Gasteiger partial charge >= 0.3 is 0 Å². The molecule has 3 heterocycles. The standard InChI is InChI=1S/C12H11N3/c1-2-9(5-13-3-1)12-4-10-6-14-7-11(10)8-15-12/h1-5,8,14H,6-7H2. The first-order valence-electron chi connectivity index (χ1n) is 5.02. The number of fused-ring (bicyclic) bond motifs is 1. The number of aromatic nitrogens is 2. The van der Waals surface area contributed by atoms with E-state index < -0.39 is 0 Å². The Morgan fingerprint density at radius 3 is 2.93 bits per heavy atom. The zero-order valence-electron chi connectivity index (χ0n) is 8.27. The number of hydrogen-bond acceptors (Lipinski definition) is 3. The Balaban J connectivity index is 2.07. The van der Waals surface area contributed by atoms with Crippen molar-refractivity contribution in [1.82, 2.24) is 15.3 Å². The molecule has 0 unspecified atom stereocenters. The molecule has 0 saturated heterocycles. The summed E-state index contributed by atoms with van der Waals surface area (Å²) >= 11 is 0. The van der Waals surface area contributed by atoms with E-state index in [4.69, 9.17) is 0 Å². The predicted molar refractivity (Wildman–Crippen MR) is 58.0 cm³/mol. The second-order valence-corrected chi connectivity index (χ2v) is 3.68. The van der Waals surface area contributed by atoms with Crippen molar-refractivity contribution in [1.29, 1.82) is 0 Å². The molecule has 15 heavy (non-hydrogen) atoms. The van der Waals surface area contributed by atoms with Crippen LogP contribution < -0.4 is 5.32 Å². The Morgan fingerprint density at radius 2 is 2.07 bits per heavy atom. The van der Waals surface area contributed by atoms with Crippen LogP contribution in [0, 0.1) is 0 Å². The van der Waals surface area contributed by atoms with Crippen molar-refractivity contribution in [2.45, 2.75) is 13.1 Å². The van der Waals surface area contributed by atoms with E-state index in [2.05, 4.69) is 21.4 Å². The van der Waals surface area contributed by atoms with Gasteiger partial charge in [0.05, 0.1) is 5.69 Å². The van der Waals surface area contributed by atoms with Crippen LogP contribution >= 0.6 is 0 Å². The average Bonchev–Trinajstić information content (AvgIpc) is 2.77. The molecule has 1 aliphatic heterocycles. The van der Waals surface area contributed by atoms with Gasteiger partial charge in [-0.1, -0.05) is 0 Å². The van der Waals surface area contributed by atoms with Crippen LogP contribution in [0.2, 0.25) is 0 Å². The third kappa shape index (κ3) is 1.51. The largest absolute Gasteiger partial charge is 0.309 e. The molecular formula is C12H11N3. The molecule has 3 heteroatoms. The quantitative estimate of drug-likeness (QED) is 0.756. The zero-order valence-corrected chi connectivity index (χ0v) is 8.27. The van der Waals surface area contributed by atoms with Crippen molar-refractivity contribution in [3.8, 4) is 11.3 Å². The fourth-order valence-corrected chi connectivity index (χ4v) is 1.85. The van der Waals surface area contributed by atoms with E-state index in [1.54, 1.807) is 6.20 Å². The molecule has 0 radical (unpaired) electrons. The number of pyridine rings is 2. The number of nitrogens with zero attached hydrogens (tertiary/aromatic N) is 2. The van der Waals surface area contributed by atoms with Crippen LogP contribution in [0.15, 0.2) is 36.8 Å². The third-order valence-corrected chi connectivity index (χ3v) is 2.67. The van der Waals surface area contributed by atoms with Crippen molar-refractivity contribution in [2.75, 3.05) is 0 Å². The van der Waals surface area contributed by atoms with E-state index in [9.17, 15) is 0 Å². The average molecular weight is 197 g/mol. The monoisotopic (exact) mass is 197 g/mol. The second kappa shape index (κ2) is 3.44. The normalized spacial score (nSPS) is 13.9. The first-order chi connectivity index (χ1) is 7.43. The number of hydrogen-bond donors (Lipinski definition) is 1. The van der Waals surface area contributed by atoms with Gasteiger partial charge < -0.3 is 5.32 Å². The third-order valence-electron chi connectivity index (χ3n) is 2.67. The molecule has 2 aromatic rings. The summed E-state index contributed by atoms with van der Waals surface area (Å²) in [4.78, 5) is 8.54. The highest BCUT2D eigenvalue weighted by atomic mass is 14.9. The minimum Gasteiger partial charge on any atom is -0.309 e. The van der Waals surface area contributed by atoms with Crippen LogP contribution in [0.3, 0.4) is 0 Å². The Morgan fingerprint density at radius 1 is 1.13 bits per heavy atom. The highest BCUT2D eigenvalue weighted by molar-refractivity contribution is 5.59. The molecular weight excluding hydrogens is 186 g/mol. The lowest BCUT2D eigenvalue weighted by Gasteiger charge is -2.02. The first kappa shape index (κ1) is 8.56. The molecule has 0 spiro atoms. The summed E-state index contributed by atoms with van der Waals surface area (Å²) in [6, 6.07) is 6.11. The molecule has 2 aromatic heterocycles. The molecule has 74 valence electrons. The Bertz CT molecular complexity index is 479. The molecule has 3 rings (SSSR count). The lowest BCUT2D eigenvalue weighted by Crippen LogP contribution is -1.99. The molecule has 1 aliphatic rings. The molecule has 0 atom stereocenters. The van der Waals surface area contributed by atoms with Gasteiger partial charge in [0.1, 0.15) is 0 Å². The van der Waals surface area contributed by atoms with Crippen LogP contribution in [-0.4, -0.2) is 9.97 Å². The van der Waals surface area contributed by atoms with Gasteiger partial charge in [-0.15, -0.1) is 0 Å². The maximum absolute atomic E-state index is 4.44. The summed E-state index contributed by atoms with van der Waals surface area (Å²) in [5.74, 6) is 0. The fourth-order valence-electron chi connectivity index (χ4n) is 1.85. The van der Waals surface area contributed by atoms with Gasteiger partial charge in [0, 0.05) is 37.2 Å². The minimum atomic E-state index is 0.940. The van der Waals surface area contributed by atoms with Crippen molar-refractivity contribution >= 4 is 0 Å². The van der Waals surface area contributed by atoms with Gasteiger partial charge in [-0.25, -0.2) is 0 Å². The summed E-state index contributed by atoms with van der Waals surface area (Å²) < 4.78 is 0. The lowest BCUT2D eigenvalue weighted by molar-refractivity contribution is 0.764. The molecule has 0 saturated carbocycles. The highest BCUT2D eigenvalue weighted by Gasteiger charge is 2.11. The smallest absolute Gasteiger partial charge is 0.0720 e. The number of nitrogens with one attached hydrogen (secondary N) is 1. The van der Waals surface area contributed by atoms with Crippen LogP contribution in [-0.2, 0) is 13.1 Å². The summed E-state index contributed by atoms with van der Waals surface area (Å²) in [5.41, 5.74) is 4.74. The van der Waals surface area contributed by atoms with E-state index >= 15 is 0 Å². The highest BCUT2D eigenvalue weighted by Crippen LogP contribution is 2.21. The van der Waals surface area contributed by atoms with E-state index in [1.807, 2.05) is 24.5 Å². The molecule has 0 amide bonds. The van der Waals surface area contributed by atoms with E-state index in [-0.39, 0.29) is 0 Å². The fraction of sp³-hybridized carbons (Fsp3) is 0.167. The summed E-state index contributed by atoms with van der Waals surface area (Å²) in [7, 11) is 0. The van der Waals surface area contributed by atoms with E-state index in [1.165, 1.54) is 11.1 Å². The van der Waals surface area contributed by atoms with Gasteiger partial charge in [0.15, 0.2) is 0 Å². The van der Waals surface area contributed by atoms with Crippen LogP contribution in [0.5, 0.6) is 0 Å².